The van der Waals surface area contributed by atoms with Crippen LogP contribution in [0.3, 0.4) is 0 Å². The Kier molecular flexibility index (Phi) is 5.47. The van der Waals surface area contributed by atoms with E-state index in [4.69, 9.17) is 5.73 Å². The number of nitrogens with one attached hydrogen (secondary N) is 1. The molecule has 1 atom stereocenters. The minimum absolute atomic E-state index is 0.0111. The maximum atomic E-state index is 12.0. The van der Waals surface area contributed by atoms with Gasteiger partial charge in [-0.25, -0.2) is 0 Å². The van der Waals surface area contributed by atoms with E-state index in [1.807, 2.05) is 0 Å². The Balaban J connectivity index is 2.52. The van der Waals surface area contributed by atoms with E-state index in [9.17, 15) is 14.4 Å². The predicted molar refractivity (Wildman–Crippen MR) is 70.6 cm³/mol. The summed E-state index contributed by atoms with van der Waals surface area (Å²) in [4.78, 5) is 39.9. The topological polar surface area (TPSA) is 105 Å². The zero-order valence-corrected chi connectivity index (χ0v) is 11.3. The van der Waals surface area contributed by atoms with E-state index < -0.39 is 6.04 Å². The highest BCUT2D eigenvalue weighted by molar-refractivity contribution is 5.96. The van der Waals surface area contributed by atoms with Gasteiger partial charge in [-0.15, -0.1) is 0 Å². The van der Waals surface area contributed by atoms with Gasteiger partial charge in [0.15, 0.2) is 0 Å². The van der Waals surface area contributed by atoms with Crippen LogP contribution in [0.1, 0.15) is 26.7 Å². The third-order valence-electron chi connectivity index (χ3n) is 2.71. The monoisotopic (exact) mass is 268 g/mol. The molecule has 0 spiro atoms. The van der Waals surface area contributed by atoms with Crippen molar-refractivity contribution in [2.75, 3.05) is 19.6 Å². The average molecular weight is 268 g/mol. The first-order chi connectivity index (χ1) is 8.90. The molecule has 0 aromatic carbocycles. The van der Waals surface area contributed by atoms with Crippen molar-refractivity contribution in [1.82, 2.24) is 10.2 Å². The van der Waals surface area contributed by atoms with Gasteiger partial charge >= 0.3 is 0 Å². The summed E-state index contributed by atoms with van der Waals surface area (Å²) in [7, 11) is 0. The van der Waals surface area contributed by atoms with Crippen molar-refractivity contribution in [2.24, 2.45) is 10.7 Å². The molecule has 0 aromatic heterocycles. The lowest BCUT2D eigenvalue weighted by atomic mass is 10.1. The second-order valence-electron chi connectivity index (χ2n) is 4.68. The third-order valence-corrected chi connectivity index (χ3v) is 2.71. The number of amidine groups is 1. The van der Waals surface area contributed by atoms with Crippen molar-refractivity contribution in [3.8, 4) is 0 Å². The van der Waals surface area contributed by atoms with Gasteiger partial charge in [-0.05, 0) is 26.7 Å². The molecule has 0 radical (unpaired) electrons. The van der Waals surface area contributed by atoms with Crippen LogP contribution >= 0.6 is 0 Å². The van der Waals surface area contributed by atoms with Crippen molar-refractivity contribution >= 4 is 23.4 Å². The molecule has 19 heavy (non-hydrogen) atoms. The van der Waals surface area contributed by atoms with Crippen molar-refractivity contribution < 1.29 is 14.4 Å². The fourth-order valence-electron chi connectivity index (χ4n) is 1.92. The molecule has 1 saturated heterocycles. The number of Topliss-reactive ketones (excluding diaryl/α,β-unsaturated/α-hetero) is 1. The molecule has 0 aliphatic carbocycles. The van der Waals surface area contributed by atoms with E-state index in [1.165, 1.54) is 11.8 Å². The Morgan fingerprint density at radius 3 is 2.74 bits per heavy atom. The molecule has 7 nitrogen and oxygen atoms in total. The molecule has 2 amide bonds. The third kappa shape index (κ3) is 5.07. The van der Waals surface area contributed by atoms with Crippen LogP contribution in [0.5, 0.6) is 0 Å². The highest BCUT2D eigenvalue weighted by atomic mass is 16.2. The fourth-order valence-corrected chi connectivity index (χ4v) is 1.92. The van der Waals surface area contributed by atoms with E-state index in [2.05, 4.69) is 10.3 Å². The second-order valence-corrected chi connectivity index (χ2v) is 4.68. The van der Waals surface area contributed by atoms with Gasteiger partial charge in [0.1, 0.15) is 18.4 Å². The van der Waals surface area contributed by atoms with Crippen LogP contribution in [0.2, 0.25) is 0 Å². The van der Waals surface area contributed by atoms with E-state index >= 15 is 0 Å². The summed E-state index contributed by atoms with van der Waals surface area (Å²) >= 11 is 0. The summed E-state index contributed by atoms with van der Waals surface area (Å²) in [6.07, 6.45) is 1.15. The number of carbonyl (C=O) groups is 3. The summed E-state index contributed by atoms with van der Waals surface area (Å²) in [5, 5.41) is 2.64. The molecule has 1 unspecified atom stereocenters. The Morgan fingerprint density at radius 2 is 2.16 bits per heavy atom. The van der Waals surface area contributed by atoms with Gasteiger partial charge < -0.3 is 16.0 Å². The standard InChI is InChI=1S/C12H20N4O3/c1-8(17)6-16-7-11(18)15-10(12(16)19)4-3-5-14-9(2)13/h10H,3-7H2,1-2H3,(H2,13,14)(H,15,18). The molecule has 106 valence electrons. The van der Waals surface area contributed by atoms with E-state index in [1.54, 1.807) is 6.92 Å². The van der Waals surface area contributed by atoms with Crippen molar-refractivity contribution in [1.29, 1.82) is 0 Å². The normalized spacial score (nSPS) is 20.4. The number of hydrogen-bond donors (Lipinski definition) is 2. The van der Waals surface area contributed by atoms with Crippen molar-refractivity contribution in [3.05, 3.63) is 0 Å². The molecule has 0 aromatic rings. The lowest BCUT2D eigenvalue weighted by molar-refractivity contribution is -0.146. The highest BCUT2D eigenvalue weighted by Gasteiger charge is 2.32. The quantitative estimate of drug-likeness (QED) is 0.368. The van der Waals surface area contributed by atoms with Crippen LogP contribution in [0.4, 0.5) is 0 Å². The first-order valence-corrected chi connectivity index (χ1v) is 6.24. The number of aliphatic imine (C=N–C) groups is 1. The molecular formula is C12H20N4O3. The largest absolute Gasteiger partial charge is 0.388 e. The Morgan fingerprint density at radius 1 is 1.47 bits per heavy atom. The zero-order valence-electron chi connectivity index (χ0n) is 11.3. The number of ketones is 1. The van der Waals surface area contributed by atoms with Gasteiger partial charge in [0.05, 0.1) is 12.4 Å². The van der Waals surface area contributed by atoms with Gasteiger partial charge in [-0.1, -0.05) is 0 Å². The molecule has 1 fully saturated rings. The van der Waals surface area contributed by atoms with Gasteiger partial charge in [0, 0.05) is 6.54 Å². The smallest absolute Gasteiger partial charge is 0.246 e. The Labute approximate surface area is 112 Å². The summed E-state index contributed by atoms with van der Waals surface area (Å²) < 4.78 is 0. The van der Waals surface area contributed by atoms with Crippen LogP contribution in [-0.2, 0) is 14.4 Å². The van der Waals surface area contributed by atoms with Gasteiger partial charge in [-0.3, -0.25) is 19.4 Å². The molecular weight excluding hydrogens is 248 g/mol. The number of amides is 2. The maximum absolute atomic E-state index is 12.0. The SMILES string of the molecule is CC(=O)CN1CC(=O)NC(CCCN=C(C)N)C1=O. The van der Waals surface area contributed by atoms with Crippen molar-refractivity contribution in [3.63, 3.8) is 0 Å². The minimum atomic E-state index is -0.561. The lowest BCUT2D eigenvalue weighted by Gasteiger charge is -2.31. The number of hydrogen-bond acceptors (Lipinski definition) is 4. The molecule has 0 bridgehead atoms. The summed E-state index contributed by atoms with van der Waals surface area (Å²) in [5.41, 5.74) is 5.41. The molecule has 1 aliphatic rings. The lowest BCUT2D eigenvalue weighted by Crippen LogP contribution is -2.58. The molecule has 1 rings (SSSR count). The first kappa shape index (κ1) is 15.1. The van der Waals surface area contributed by atoms with Crippen LogP contribution in [0.25, 0.3) is 0 Å². The molecule has 1 aliphatic heterocycles. The molecule has 0 saturated carbocycles. The number of carbonyl (C=O) groups excluding carboxylic acids is 3. The molecule has 7 heteroatoms. The highest BCUT2D eigenvalue weighted by Crippen LogP contribution is 2.08. The number of rotatable bonds is 6. The predicted octanol–water partition coefficient (Wildman–Crippen LogP) is -0.940. The molecule has 1 heterocycles. The van der Waals surface area contributed by atoms with Crippen LogP contribution in [0, 0.1) is 0 Å². The second kappa shape index (κ2) is 6.86. The van der Waals surface area contributed by atoms with Crippen LogP contribution in [-0.4, -0.2) is 54.0 Å². The first-order valence-electron chi connectivity index (χ1n) is 6.24. The van der Waals surface area contributed by atoms with Crippen LogP contribution < -0.4 is 11.1 Å². The van der Waals surface area contributed by atoms with E-state index in [-0.39, 0.29) is 30.7 Å². The summed E-state index contributed by atoms with van der Waals surface area (Å²) in [5.74, 6) is -0.0741. The van der Waals surface area contributed by atoms with Crippen molar-refractivity contribution in [2.45, 2.75) is 32.7 Å². The van der Waals surface area contributed by atoms with Gasteiger partial charge in [-0.2, -0.15) is 0 Å². The summed E-state index contributed by atoms with van der Waals surface area (Å²) in [6, 6.07) is -0.561. The van der Waals surface area contributed by atoms with Gasteiger partial charge in [0.2, 0.25) is 11.8 Å². The van der Waals surface area contributed by atoms with Gasteiger partial charge in [0.25, 0.3) is 0 Å². The molecule has 3 N–H and O–H groups in total. The maximum Gasteiger partial charge on any atom is 0.246 e. The Bertz CT molecular complexity index is 400. The number of nitrogens with two attached hydrogens (primary N) is 1. The average Bonchev–Trinajstić information content (AvgIpc) is 2.29. The summed E-state index contributed by atoms with van der Waals surface area (Å²) in [6.45, 7) is 3.56. The zero-order chi connectivity index (χ0) is 14.4. The number of piperazine rings is 1. The Hall–Kier alpha value is -1.92. The van der Waals surface area contributed by atoms with Crippen LogP contribution in [0.15, 0.2) is 4.99 Å². The van der Waals surface area contributed by atoms with E-state index in [0.717, 1.165) is 0 Å². The fraction of sp³-hybridized carbons (Fsp3) is 0.667. The minimum Gasteiger partial charge on any atom is -0.388 e. The number of nitrogens with zero attached hydrogens (tertiary/aromatic N) is 2. The van der Waals surface area contributed by atoms with E-state index in [0.29, 0.717) is 25.2 Å².